The van der Waals surface area contributed by atoms with Crippen LogP contribution >= 0.6 is 0 Å². The van der Waals surface area contributed by atoms with Crippen LogP contribution in [-0.2, 0) is 4.43 Å². The molecule has 1 rings (SSSR count). The molecule has 0 radical (unpaired) electrons. The van der Waals surface area contributed by atoms with E-state index in [1.807, 2.05) is 24.5 Å². The Balaban J connectivity index is 2.76. The Labute approximate surface area is 100 Å². The van der Waals surface area contributed by atoms with Crippen molar-refractivity contribution < 1.29 is 4.43 Å². The van der Waals surface area contributed by atoms with E-state index in [0.29, 0.717) is 0 Å². The molecular formula is C13H23NOSi. The maximum atomic E-state index is 6.30. The van der Waals surface area contributed by atoms with Crippen molar-refractivity contribution in [3.05, 3.63) is 30.1 Å². The van der Waals surface area contributed by atoms with Gasteiger partial charge in [0, 0.05) is 12.4 Å². The molecule has 0 spiro atoms. The molecule has 90 valence electrons. The molecule has 3 heteroatoms. The Morgan fingerprint density at radius 2 is 1.69 bits per heavy atom. The zero-order chi connectivity index (χ0) is 12.4. The predicted molar refractivity (Wildman–Crippen MR) is 70.9 cm³/mol. The molecule has 0 aliphatic carbocycles. The molecule has 1 unspecified atom stereocenters. The molecule has 1 atom stereocenters. The Morgan fingerprint density at radius 1 is 1.19 bits per heavy atom. The molecule has 0 N–H and O–H groups in total. The summed E-state index contributed by atoms with van der Waals surface area (Å²) in [6.45, 7) is 13.5. The van der Waals surface area contributed by atoms with Crippen molar-refractivity contribution in [1.82, 2.24) is 4.98 Å². The third kappa shape index (κ3) is 3.16. The molecule has 0 fully saturated rings. The summed E-state index contributed by atoms with van der Waals surface area (Å²) in [7, 11) is -1.67. The van der Waals surface area contributed by atoms with E-state index in [9.17, 15) is 0 Å². The average Bonchev–Trinajstić information content (AvgIpc) is 2.16. The van der Waals surface area contributed by atoms with Crippen molar-refractivity contribution in [2.24, 2.45) is 0 Å². The van der Waals surface area contributed by atoms with Gasteiger partial charge in [0.2, 0.25) is 0 Å². The fourth-order valence-electron chi connectivity index (χ4n) is 1.32. The highest BCUT2D eigenvalue weighted by molar-refractivity contribution is 6.74. The van der Waals surface area contributed by atoms with Crippen LogP contribution in [0, 0.1) is 0 Å². The van der Waals surface area contributed by atoms with Gasteiger partial charge in [-0.25, -0.2) is 0 Å². The van der Waals surface area contributed by atoms with E-state index in [1.54, 1.807) is 0 Å². The summed E-state index contributed by atoms with van der Waals surface area (Å²) in [4.78, 5) is 4.03. The second kappa shape index (κ2) is 4.68. The lowest BCUT2D eigenvalue weighted by molar-refractivity contribution is 0.203. The smallest absolute Gasteiger partial charge is 0.192 e. The number of nitrogens with zero attached hydrogens (tertiary/aromatic N) is 1. The average molecular weight is 237 g/mol. The number of aromatic nitrogens is 1. The maximum Gasteiger partial charge on any atom is 0.192 e. The van der Waals surface area contributed by atoms with Crippen molar-refractivity contribution in [2.45, 2.75) is 51.9 Å². The van der Waals surface area contributed by atoms with Gasteiger partial charge in [0.05, 0.1) is 6.10 Å². The summed E-state index contributed by atoms with van der Waals surface area (Å²) in [6, 6.07) is 4.05. The molecule has 0 saturated heterocycles. The summed E-state index contributed by atoms with van der Waals surface area (Å²) in [5.74, 6) is 0. The van der Waals surface area contributed by atoms with Gasteiger partial charge in [0.15, 0.2) is 8.32 Å². The van der Waals surface area contributed by atoms with E-state index in [-0.39, 0.29) is 11.1 Å². The van der Waals surface area contributed by atoms with Crippen LogP contribution in [0.2, 0.25) is 18.1 Å². The van der Waals surface area contributed by atoms with Crippen LogP contribution in [0.5, 0.6) is 0 Å². The normalized spacial score (nSPS) is 14.9. The first-order chi connectivity index (χ1) is 7.24. The van der Waals surface area contributed by atoms with Gasteiger partial charge in [-0.3, -0.25) is 4.98 Å². The molecular weight excluding hydrogens is 214 g/mol. The van der Waals surface area contributed by atoms with Crippen molar-refractivity contribution in [2.75, 3.05) is 0 Å². The first-order valence-electron chi connectivity index (χ1n) is 5.82. The van der Waals surface area contributed by atoms with Crippen molar-refractivity contribution in [3.63, 3.8) is 0 Å². The molecule has 0 bridgehead atoms. The largest absolute Gasteiger partial charge is 0.410 e. The third-order valence-corrected chi connectivity index (χ3v) is 8.01. The molecule has 0 aliphatic rings. The molecule has 16 heavy (non-hydrogen) atoms. The Kier molecular flexibility index (Phi) is 3.91. The number of rotatable bonds is 3. The third-order valence-electron chi connectivity index (χ3n) is 3.45. The van der Waals surface area contributed by atoms with Crippen LogP contribution in [-0.4, -0.2) is 13.3 Å². The summed E-state index contributed by atoms with van der Waals surface area (Å²) in [5, 5.41) is 0.258. The maximum absolute atomic E-state index is 6.30. The SMILES string of the molecule is CC(O[Si](C)(C)C(C)(C)C)c1ccncc1. The number of hydrogen-bond donors (Lipinski definition) is 0. The molecule has 0 aromatic carbocycles. The molecule has 1 aromatic rings. The minimum absolute atomic E-state index is 0.156. The highest BCUT2D eigenvalue weighted by Gasteiger charge is 2.38. The second-order valence-electron chi connectivity index (χ2n) is 5.80. The topological polar surface area (TPSA) is 22.1 Å². The van der Waals surface area contributed by atoms with Crippen LogP contribution in [0.25, 0.3) is 0 Å². The highest BCUT2D eigenvalue weighted by atomic mass is 28.4. The molecule has 0 saturated carbocycles. The van der Waals surface area contributed by atoms with Crippen LogP contribution in [0.1, 0.15) is 39.4 Å². The first-order valence-corrected chi connectivity index (χ1v) is 8.72. The van der Waals surface area contributed by atoms with Crippen LogP contribution in [0.15, 0.2) is 24.5 Å². The van der Waals surface area contributed by atoms with E-state index in [0.717, 1.165) is 0 Å². The van der Waals surface area contributed by atoms with Crippen molar-refractivity contribution in [3.8, 4) is 0 Å². The Bertz CT molecular complexity index is 330. The van der Waals surface area contributed by atoms with E-state index in [2.05, 4.69) is 45.8 Å². The van der Waals surface area contributed by atoms with Crippen molar-refractivity contribution >= 4 is 8.32 Å². The minimum Gasteiger partial charge on any atom is -0.410 e. The van der Waals surface area contributed by atoms with E-state index in [1.165, 1.54) is 5.56 Å². The summed E-state index contributed by atoms with van der Waals surface area (Å²) in [5.41, 5.74) is 1.21. The number of hydrogen-bond acceptors (Lipinski definition) is 2. The second-order valence-corrected chi connectivity index (χ2v) is 10.6. The highest BCUT2D eigenvalue weighted by Crippen LogP contribution is 2.39. The summed E-state index contributed by atoms with van der Waals surface area (Å²) < 4.78 is 6.30. The lowest BCUT2D eigenvalue weighted by atomic mass is 10.2. The zero-order valence-electron chi connectivity index (χ0n) is 11.2. The van der Waals surface area contributed by atoms with Gasteiger partial charge >= 0.3 is 0 Å². The minimum atomic E-state index is -1.67. The zero-order valence-corrected chi connectivity index (χ0v) is 12.2. The lowest BCUT2D eigenvalue weighted by Crippen LogP contribution is -2.41. The van der Waals surface area contributed by atoms with Crippen molar-refractivity contribution in [1.29, 1.82) is 0 Å². The lowest BCUT2D eigenvalue weighted by Gasteiger charge is -2.38. The van der Waals surface area contributed by atoms with Gasteiger partial charge in [-0.1, -0.05) is 20.8 Å². The van der Waals surface area contributed by atoms with Gasteiger partial charge in [-0.05, 0) is 42.8 Å². The molecule has 1 aromatic heterocycles. The quantitative estimate of drug-likeness (QED) is 0.736. The predicted octanol–water partition coefficient (Wildman–Crippen LogP) is 4.16. The van der Waals surface area contributed by atoms with Crippen LogP contribution < -0.4 is 0 Å². The fraction of sp³-hybridized carbons (Fsp3) is 0.615. The van der Waals surface area contributed by atoms with Gasteiger partial charge in [0.25, 0.3) is 0 Å². The van der Waals surface area contributed by atoms with Gasteiger partial charge < -0.3 is 4.43 Å². The van der Waals surface area contributed by atoms with Crippen LogP contribution in [0.3, 0.4) is 0 Å². The van der Waals surface area contributed by atoms with E-state index in [4.69, 9.17) is 4.43 Å². The standard InChI is InChI=1S/C13H23NOSi/c1-11(12-7-9-14-10-8-12)15-16(5,6)13(2,3)4/h7-11H,1-6H3. The fourth-order valence-corrected chi connectivity index (χ4v) is 2.69. The van der Waals surface area contributed by atoms with Gasteiger partial charge in [0.1, 0.15) is 0 Å². The first kappa shape index (κ1) is 13.4. The molecule has 0 amide bonds. The number of pyridine rings is 1. The summed E-state index contributed by atoms with van der Waals surface area (Å²) in [6.07, 6.45) is 3.80. The van der Waals surface area contributed by atoms with Gasteiger partial charge in [-0.15, -0.1) is 0 Å². The van der Waals surface area contributed by atoms with E-state index < -0.39 is 8.32 Å². The van der Waals surface area contributed by atoms with E-state index >= 15 is 0 Å². The molecule has 1 heterocycles. The molecule has 0 aliphatic heterocycles. The molecule has 2 nitrogen and oxygen atoms in total. The van der Waals surface area contributed by atoms with Gasteiger partial charge in [-0.2, -0.15) is 0 Å². The summed E-state index contributed by atoms with van der Waals surface area (Å²) >= 11 is 0. The Morgan fingerprint density at radius 3 is 2.12 bits per heavy atom. The van der Waals surface area contributed by atoms with Crippen LogP contribution in [0.4, 0.5) is 0 Å². The monoisotopic (exact) mass is 237 g/mol. The Hall–Kier alpha value is -0.673.